The first-order valence-corrected chi connectivity index (χ1v) is 17.0. The van der Waals surface area contributed by atoms with Gasteiger partial charge in [-0.1, -0.05) is 116 Å². The predicted octanol–water partition coefficient (Wildman–Crippen LogP) is 11.1. The van der Waals surface area contributed by atoms with Crippen LogP contribution < -0.4 is 4.57 Å². The van der Waals surface area contributed by atoms with E-state index in [9.17, 15) is 0 Å². The van der Waals surface area contributed by atoms with E-state index in [1.807, 2.05) is 0 Å². The minimum atomic E-state index is -0.234. The van der Waals surface area contributed by atoms with Crippen molar-refractivity contribution in [1.29, 1.82) is 0 Å². The number of benzene rings is 3. The van der Waals surface area contributed by atoms with Crippen LogP contribution in [-0.2, 0) is 16.4 Å². The Morgan fingerprint density at radius 3 is 2.16 bits per heavy atom. The standard InChI is InChI=1S/C42H50N/c1-10-26(11-2)29-22-30(27(12-3)13-4)25-42(24-29)34-21-20-28-16-14-18-33-37(28)38(34)39-35(41(33,8)9)23-31-32(40(5,6)7)17-15-19-36(31)43(39)42/h14-24,26-27H,10-13,25H2,1-9H3/q+1. The number of nitrogens with zero attached hydrogens (tertiary/aromatic N) is 1. The zero-order valence-electron chi connectivity index (χ0n) is 28.0. The number of fused-ring (bicyclic) bond motifs is 4. The molecule has 3 aliphatic rings. The highest BCUT2D eigenvalue weighted by atomic mass is 15.1. The van der Waals surface area contributed by atoms with Crippen LogP contribution in [0.4, 0.5) is 0 Å². The van der Waals surface area contributed by atoms with Gasteiger partial charge in [0, 0.05) is 34.4 Å². The fourth-order valence-electron chi connectivity index (χ4n) is 9.25. The Kier molecular flexibility index (Phi) is 6.41. The van der Waals surface area contributed by atoms with Crippen molar-refractivity contribution in [3.05, 3.63) is 100 Å². The van der Waals surface area contributed by atoms with Gasteiger partial charge in [0.2, 0.25) is 16.7 Å². The van der Waals surface area contributed by atoms with Gasteiger partial charge in [0.05, 0.1) is 10.9 Å². The van der Waals surface area contributed by atoms with E-state index in [0.29, 0.717) is 11.8 Å². The average Bonchev–Trinajstić information content (AvgIpc) is 3.25. The van der Waals surface area contributed by atoms with Crippen LogP contribution in [0.25, 0.3) is 32.9 Å². The Labute approximate surface area is 259 Å². The maximum absolute atomic E-state index is 2.85. The molecule has 0 fully saturated rings. The van der Waals surface area contributed by atoms with Crippen molar-refractivity contribution in [3.8, 4) is 11.3 Å². The molecule has 2 aliphatic carbocycles. The Morgan fingerprint density at radius 1 is 0.791 bits per heavy atom. The Balaban J connectivity index is 1.71. The zero-order chi connectivity index (χ0) is 30.5. The lowest BCUT2D eigenvalue weighted by atomic mass is 9.68. The number of pyridine rings is 1. The minimum Gasteiger partial charge on any atom is -0.177 e. The summed E-state index contributed by atoms with van der Waals surface area (Å²) in [6.07, 6.45) is 11.2. The summed E-state index contributed by atoms with van der Waals surface area (Å²) >= 11 is 0. The van der Waals surface area contributed by atoms with Crippen molar-refractivity contribution in [1.82, 2.24) is 0 Å². The third kappa shape index (κ3) is 3.79. The van der Waals surface area contributed by atoms with Gasteiger partial charge in [-0.3, -0.25) is 0 Å². The van der Waals surface area contributed by atoms with Crippen molar-refractivity contribution < 1.29 is 4.57 Å². The van der Waals surface area contributed by atoms with Crippen molar-refractivity contribution in [2.45, 2.75) is 111 Å². The molecule has 1 aromatic heterocycles. The molecule has 7 rings (SSSR count). The maximum Gasteiger partial charge on any atom is 0.219 e. The summed E-state index contributed by atoms with van der Waals surface area (Å²) < 4.78 is 2.85. The average molecular weight is 569 g/mol. The third-order valence-electron chi connectivity index (χ3n) is 11.6. The lowest BCUT2D eigenvalue weighted by Gasteiger charge is -2.35. The van der Waals surface area contributed by atoms with Gasteiger partial charge in [-0.2, -0.15) is 4.57 Å². The van der Waals surface area contributed by atoms with Crippen molar-refractivity contribution in [3.63, 3.8) is 0 Å². The molecular formula is C42H50N+. The van der Waals surface area contributed by atoms with Crippen LogP contribution in [-0.4, -0.2) is 0 Å². The van der Waals surface area contributed by atoms with Crippen LogP contribution >= 0.6 is 0 Å². The summed E-state index contributed by atoms with van der Waals surface area (Å²) in [6, 6.07) is 21.6. The molecule has 0 saturated carbocycles. The quantitative estimate of drug-likeness (QED) is 0.204. The fourth-order valence-corrected chi connectivity index (χ4v) is 9.25. The molecule has 0 radical (unpaired) electrons. The topological polar surface area (TPSA) is 3.88 Å². The molecule has 0 N–H and O–H groups in total. The molecule has 0 amide bonds. The van der Waals surface area contributed by atoms with Gasteiger partial charge in [-0.15, -0.1) is 0 Å². The van der Waals surface area contributed by atoms with E-state index in [1.54, 1.807) is 11.1 Å². The molecular weight excluding hydrogens is 518 g/mol. The first-order chi connectivity index (χ1) is 20.5. The minimum absolute atomic E-state index is 0.0489. The molecule has 3 aromatic carbocycles. The number of rotatable bonds is 6. The maximum atomic E-state index is 2.85. The molecule has 1 heteroatoms. The predicted molar refractivity (Wildman–Crippen MR) is 184 cm³/mol. The van der Waals surface area contributed by atoms with Crippen molar-refractivity contribution in [2.24, 2.45) is 11.8 Å². The van der Waals surface area contributed by atoms with Gasteiger partial charge >= 0.3 is 0 Å². The molecule has 0 bridgehead atoms. The Morgan fingerprint density at radius 2 is 1.49 bits per heavy atom. The van der Waals surface area contributed by atoms with E-state index in [1.165, 1.54) is 80.9 Å². The van der Waals surface area contributed by atoms with E-state index < -0.39 is 0 Å². The molecule has 4 aromatic rings. The Bertz CT molecular complexity index is 1850. The molecule has 1 aliphatic heterocycles. The second kappa shape index (κ2) is 9.65. The van der Waals surface area contributed by atoms with Crippen LogP contribution in [0.15, 0.2) is 77.9 Å². The van der Waals surface area contributed by atoms with Crippen LogP contribution in [0.1, 0.15) is 117 Å². The highest BCUT2D eigenvalue weighted by molar-refractivity contribution is 6.05. The summed E-state index contributed by atoms with van der Waals surface area (Å²) in [4.78, 5) is 0. The van der Waals surface area contributed by atoms with Gasteiger partial charge in [0.25, 0.3) is 0 Å². The highest BCUT2D eigenvalue weighted by Crippen LogP contribution is 2.57. The summed E-state index contributed by atoms with van der Waals surface area (Å²) in [7, 11) is 0. The van der Waals surface area contributed by atoms with E-state index in [4.69, 9.17) is 0 Å². The summed E-state index contributed by atoms with van der Waals surface area (Å²) in [5, 5.41) is 4.27. The molecule has 43 heavy (non-hydrogen) atoms. The second-order valence-corrected chi connectivity index (χ2v) is 15.2. The summed E-state index contributed by atoms with van der Waals surface area (Å²) in [5.41, 5.74) is 13.2. The van der Waals surface area contributed by atoms with Crippen molar-refractivity contribution >= 4 is 21.7 Å². The second-order valence-electron chi connectivity index (χ2n) is 15.2. The van der Waals surface area contributed by atoms with Crippen LogP contribution in [0.5, 0.6) is 0 Å². The highest BCUT2D eigenvalue weighted by Gasteiger charge is 2.57. The molecule has 0 saturated heterocycles. The molecule has 2 heterocycles. The smallest absolute Gasteiger partial charge is 0.177 e. The Hall–Kier alpha value is -3.19. The largest absolute Gasteiger partial charge is 0.219 e. The normalized spacial score (nSPS) is 20.1. The van der Waals surface area contributed by atoms with E-state index in [2.05, 4.69) is 134 Å². The van der Waals surface area contributed by atoms with E-state index in [0.717, 1.165) is 6.42 Å². The molecule has 1 atom stereocenters. The van der Waals surface area contributed by atoms with E-state index >= 15 is 0 Å². The fraction of sp³-hybridized carbons (Fsp3) is 0.452. The van der Waals surface area contributed by atoms with Crippen LogP contribution in [0, 0.1) is 11.8 Å². The number of hydrogen-bond donors (Lipinski definition) is 0. The number of allylic oxidation sites excluding steroid dienone is 4. The molecule has 222 valence electrons. The van der Waals surface area contributed by atoms with E-state index in [-0.39, 0.29) is 16.4 Å². The molecule has 1 unspecified atom stereocenters. The van der Waals surface area contributed by atoms with Crippen LogP contribution in [0.2, 0.25) is 0 Å². The first kappa shape index (κ1) is 28.6. The number of hydrogen-bond acceptors (Lipinski definition) is 0. The van der Waals surface area contributed by atoms with Gasteiger partial charge in [-0.25, -0.2) is 0 Å². The van der Waals surface area contributed by atoms with Gasteiger partial charge < -0.3 is 0 Å². The lowest BCUT2D eigenvalue weighted by molar-refractivity contribution is -0.703. The first-order valence-electron chi connectivity index (χ1n) is 17.0. The number of aromatic nitrogens is 1. The zero-order valence-corrected chi connectivity index (χ0v) is 28.0. The van der Waals surface area contributed by atoms with Crippen LogP contribution in [0.3, 0.4) is 0 Å². The van der Waals surface area contributed by atoms with Crippen molar-refractivity contribution in [2.75, 3.05) is 0 Å². The lowest BCUT2D eigenvalue weighted by Crippen LogP contribution is -2.56. The van der Waals surface area contributed by atoms with Gasteiger partial charge in [-0.05, 0) is 77.2 Å². The van der Waals surface area contributed by atoms with Gasteiger partial charge in [0.1, 0.15) is 0 Å². The SMILES string of the molecule is CCC(CC)C1=CC2(CC(C(CC)CC)=C1)c1ccc3cccc4c3c1-c1c(cc3c(C(C)(C)C)cccc3[n+]12)C4(C)C. The summed E-state index contributed by atoms with van der Waals surface area (Å²) in [6.45, 7) is 21.6. The summed E-state index contributed by atoms with van der Waals surface area (Å²) in [5.74, 6) is 1.19. The molecule has 1 nitrogen and oxygen atoms in total. The monoisotopic (exact) mass is 568 g/mol. The molecule has 1 spiro atoms. The third-order valence-corrected chi connectivity index (χ3v) is 11.6. The van der Waals surface area contributed by atoms with Gasteiger partial charge in [0.15, 0.2) is 0 Å².